The Bertz CT molecular complexity index is 635. The van der Waals surface area contributed by atoms with Crippen molar-refractivity contribution >= 4 is 0 Å². The Morgan fingerprint density at radius 3 is 2.48 bits per heavy atom. The van der Waals surface area contributed by atoms with Crippen molar-refractivity contribution in [2.45, 2.75) is 69.7 Å². The van der Waals surface area contributed by atoms with E-state index in [9.17, 15) is 0 Å². The highest BCUT2D eigenvalue weighted by molar-refractivity contribution is 5.31. The number of benzene rings is 1. The maximum absolute atomic E-state index is 6.15. The zero-order chi connectivity index (χ0) is 17.1. The lowest BCUT2D eigenvalue weighted by Gasteiger charge is -2.67. The van der Waals surface area contributed by atoms with Crippen molar-refractivity contribution in [3.05, 3.63) is 35.9 Å². The SMILES string of the molecule is C[C@]12CC3CC(CN4CCC(N)CC4)(C1)C[C@@](c1ccccc1)(C3)C2. The summed E-state index contributed by atoms with van der Waals surface area (Å²) in [6, 6.07) is 12.0. The second-order valence-corrected chi connectivity index (χ2v) is 10.6. The molecular formula is C23H34N2. The van der Waals surface area contributed by atoms with Crippen molar-refractivity contribution in [1.82, 2.24) is 4.90 Å². The van der Waals surface area contributed by atoms with Crippen molar-refractivity contribution in [2.75, 3.05) is 19.6 Å². The number of likely N-dealkylation sites (tertiary alicyclic amines) is 1. The molecule has 136 valence electrons. The van der Waals surface area contributed by atoms with Crippen LogP contribution in [0.3, 0.4) is 0 Å². The van der Waals surface area contributed by atoms with Gasteiger partial charge in [-0.25, -0.2) is 0 Å². The van der Waals surface area contributed by atoms with Crippen LogP contribution in [-0.2, 0) is 5.41 Å². The van der Waals surface area contributed by atoms with Crippen molar-refractivity contribution in [3.8, 4) is 0 Å². The topological polar surface area (TPSA) is 29.3 Å². The van der Waals surface area contributed by atoms with Gasteiger partial charge in [0.1, 0.15) is 0 Å². The highest BCUT2D eigenvalue weighted by atomic mass is 15.1. The van der Waals surface area contributed by atoms with Crippen LogP contribution in [0.15, 0.2) is 30.3 Å². The first-order valence-electron chi connectivity index (χ1n) is 10.5. The largest absolute Gasteiger partial charge is 0.328 e. The quantitative estimate of drug-likeness (QED) is 0.888. The number of rotatable bonds is 3. The zero-order valence-electron chi connectivity index (χ0n) is 15.8. The lowest BCUT2D eigenvalue weighted by molar-refractivity contribution is -0.129. The molecule has 0 aromatic heterocycles. The van der Waals surface area contributed by atoms with Gasteiger partial charge in [-0.15, -0.1) is 0 Å². The minimum atomic E-state index is 0.445. The van der Waals surface area contributed by atoms with Crippen molar-refractivity contribution in [1.29, 1.82) is 0 Å². The second-order valence-electron chi connectivity index (χ2n) is 10.6. The molecule has 1 saturated heterocycles. The van der Waals surface area contributed by atoms with Gasteiger partial charge >= 0.3 is 0 Å². The molecule has 4 aliphatic carbocycles. The monoisotopic (exact) mass is 338 g/mol. The summed E-state index contributed by atoms with van der Waals surface area (Å²) in [6.07, 6.45) is 11.1. The summed E-state index contributed by atoms with van der Waals surface area (Å²) < 4.78 is 0. The smallest absolute Gasteiger partial charge is 0.00631 e. The minimum Gasteiger partial charge on any atom is -0.328 e. The first kappa shape index (κ1) is 16.3. The van der Waals surface area contributed by atoms with E-state index in [0.717, 1.165) is 5.92 Å². The molecule has 4 atom stereocenters. The molecule has 0 amide bonds. The first-order valence-corrected chi connectivity index (χ1v) is 10.5. The van der Waals surface area contributed by atoms with Gasteiger partial charge in [-0.2, -0.15) is 0 Å². The Hall–Kier alpha value is -0.860. The van der Waals surface area contributed by atoms with Crippen LogP contribution in [0, 0.1) is 16.7 Å². The lowest BCUT2D eigenvalue weighted by Crippen LogP contribution is -2.61. The molecule has 5 aliphatic rings. The summed E-state index contributed by atoms with van der Waals surface area (Å²) in [5.41, 5.74) is 9.38. The summed E-state index contributed by atoms with van der Waals surface area (Å²) in [6.45, 7) is 6.39. The molecule has 2 N–H and O–H groups in total. The van der Waals surface area contributed by atoms with Gasteiger partial charge in [0, 0.05) is 12.6 Å². The molecule has 1 aromatic rings. The fraction of sp³-hybridized carbons (Fsp3) is 0.739. The van der Waals surface area contributed by atoms with Crippen molar-refractivity contribution in [3.63, 3.8) is 0 Å². The highest BCUT2D eigenvalue weighted by Gasteiger charge is 2.62. The Morgan fingerprint density at radius 1 is 1.00 bits per heavy atom. The molecule has 1 aliphatic heterocycles. The molecule has 1 heterocycles. The number of nitrogens with zero attached hydrogens (tertiary/aromatic N) is 1. The third kappa shape index (κ3) is 2.77. The van der Waals surface area contributed by atoms with Crippen LogP contribution in [0.5, 0.6) is 0 Å². The number of piperidine rings is 1. The maximum atomic E-state index is 6.15. The number of nitrogens with two attached hydrogens (primary N) is 1. The summed E-state index contributed by atoms with van der Waals surface area (Å²) >= 11 is 0. The second kappa shape index (κ2) is 5.57. The molecule has 0 spiro atoms. The fourth-order valence-electron chi connectivity index (χ4n) is 8.01. The Balaban J connectivity index is 1.45. The van der Waals surface area contributed by atoms with E-state index in [1.165, 1.54) is 71.0 Å². The average Bonchev–Trinajstić information content (AvgIpc) is 2.55. The predicted molar refractivity (Wildman–Crippen MR) is 104 cm³/mol. The van der Waals surface area contributed by atoms with Crippen molar-refractivity contribution < 1.29 is 0 Å². The van der Waals surface area contributed by atoms with E-state index in [-0.39, 0.29) is 0 Å². The van der Waals surface area contributed by atoms with E-state index in [0.29, 0.717) is 22.3 Å². The molecule has 0 radical (unpaired) electrons. The molecule has 6 rings (SSSR count). The van der Waals surface area contributed by atoms with Crippen LogP contribution in [0.1, 0.15) is 63.9 Å². The van der Waals surface area contributed by atoms with Gasteiger partial charge < -0.3 is 10.6 Å². The minimum absolute atomic E-state index is 0.445. The number of hydrogen-bond acceptors (Lipinski definition) is 2. The standard InChI is InChI=1S/C23H34N2/c1-21-11-18-12-22(14-21,17-25-9-7-20(24)8-10-25)16-23(13-18,15-21)19-5-3-2-4-6-19/h2-6,18,20H,7-17,24H2,1H3/t18?,21-,22?,23+/m0/s1. The molecule has 2 heteroatoms. The fourth-order valence-corrected chi connectivity index (χ4v) is 8.01. The summed E-state index contributed by atoms with van der Waals surface area (Å²) in [5.74, 6) is 0.952. The van der Waals surface area contributed by atoms with E-state index < -0.39 is 0 Å². The molecule has 4 bridgehead atoms. The van der Waals surface area contributed by atoms with Crippen molar-refractivity contribution in [2.24, 2.45) is 22.5 Å². The van der Waals surface area contributed by atoms with Gasteiger partial charge in [0.25, 0.3) is 0 Å². The van der Waals surface area contributed by atoms with E-state index in [4.69, 9.17) is 5.73 Å². The maximum Gasteiger partial charge on any atom is 0.00631 e. The van der Waals surface area contributed by atoms with Gasteiger partial charge in [0.2, 0.25) is 0 Å². The third-order valence-electron chi connectivity index (χ3n) is 8.04. The Kier molecular flexibility index (Phi) is 3.63. The Morgan fingerprint density at radius 2 is 1.76 bits per heavy atom. The van der Waals surface area contributed by atoms with Crippen LogP contribution in [0.4, 0.5) is 0 Å². The molecular weight excluding hydrogens is 304 g/mol. The van der Waals surface area contributed by atoms with E-state index in [1.54, 1.807) is 5.56 Å². The third-order valence-corrected chi connectivity index (χ3v) is 8.04. The summed E-state index contributed by atoms with van der Waals surface area (Å²) in [5, 5.41) is 0. The van der Waals surface area contributed by atoms with Gasteiger partial charge in [0.05, 0.1) is 0 Å². The lowest BCUT2D eigenvalue weighted by atomic mass is 9.39. The number of hydrogen-bond donors (Lipinski definition) is 1. The molecule has 2 nitrogen and oxygen atoms in total. The highest BCUT2D eigenvalue weighted by Crippen LogP contribution is 2.70. The van der Waals surface area contributed by atoms with Gasteiger partial charge in [-0.1, -0.05) is 37.3 Å². The van der Waals surface area contributed by atoms with E-state index in [1.807, 2.05) is 0 Å². The van der Waals surface area contributed by atoms with Crippen LogP contribution in [0.2, 0.25) is 0 Å². The van der Waals surface area contributed by atoms with Crippen LogP contribution in [0.25, 0.3) is 0 Å². The zero-order valence-corrected chi connectivity index (χ0v) is 15.8. The summed E-state index contributed by atoms with van der Waals surface area (Å²) in [7, 11) is 0. The predicted octanol–water partition coefficient (Wildman–Crippen LogP) is 4.34. The van der Waals surface area contributed by atoms with E-state index >= 15 is 0 Å². The molecule has 5 fully saturated rings. The van der Waals surface area contributed by atoms with Crippen LogP contribution >= 0.6 is 0 Å². The molecule has 25 heavy (non-hydrogen) atoms. The molecule has 2 unspecified atom stereocenters. The van der Waals surface area contributed by atoms with Gasteiger partial charge in [0.15, 0.2) is 0 Å². The molecule has 4 saturated carbocycles. The normalized spacial score (nSPS) is 44.3. The first-order chi connectivity index (χ1) is 12.0. The van der Waals surface area contributed by atoms with Crippen LogP contribution in [-0.4, -0.2) is 30.6 Å². The van der Waals surface area contributed by atoms with Crippen LogP contribution < -0.4 is 5.73 Å². The van der Waals surface area contributed by atoms with Gasteiger partial charge in [-0.3, -0.25) is 0 Å². The average molecular weight is 339 g/mol. The Labute approximate surface area is 153 Å². The van der Waals surface area contributed by atoms with Gasteiger partial charge in [-0.05, 0) is 92.2 Å². The van der Waals surface area contributed by atoms with E-state index in [2.05, 4.69) is 42.2 Å². The summed E-state index contributed by atoms with van der Waals surface area (Å²) in [4.78, 5) is 2.76. The molecule has 1 aromatic carbocycles.